The maximum Gasteiger partial charge on any atom is 0.258 e. The molecule has 2 heterocycles. The second-order valence-corrected chi connectivity index (χ2v) is 12.2. The van der Waals surface area contributed by atoms with Crippen LogP contribution in [-0.2, 0) is 4.79 Å². The molecule has 4 aromatic rings. The fourth-order valence-corrected chi connectivity index (χ4v) is 6.39. The summed E-state index contributed by atoms with van der Waals surface area (Å²) in [4.78, 5) is 46.5. The van der Waals surface area contributed by atoms with Crippen molar-refractivity contribution in [2.75, 3.05) is 50.0 Å². The van der Waals surface area contributed by atoms with Crippen molar-refractivity contribution in [1.82, 2.24) is 9.80 Å². The first-order valence-corrected chi connectivity index (χ1v) is 15.8. The predicted molar refractivity (Wildman–Crippen MR) is 180 cm³/mol. The van der Waals surface area contributed by atoms with Gasteiger partial charge in [0.1, 0.15) is 0 Å². The molecule has 0 spiro atoms. The van der Waals surface area contributed by atoms with Crippen molar-refractivity contribution in [3.8, 4) is 11.1 Å². The summed E-state index contributed by atoms with van der Waals surface area (Å²) in [6, 6.07) is 30.8. The number of para-hydroxylation sites is 1. The number of likely N-dealkylation sites (N-methyl/N-ethyl adjacent to an activating group) is 1. The molecule has 7 nitrogen and oxygen atoms in total. The molecule has 7 heteroatoms. The number of carbonyl (C=O) groups is 3. The van der Waals surface area contributed by atoms with Crippen LogP contribution in [0.4, 0.5) is 11.4 Å². The molecular formula is C38H40N4O3. The lowest BCUT2D eigenvalue weighted by Gasteiger charge is -2.33. The van der Waals surface area contributed by atoms with Crippen LogP contribution in [0.5, 0.6) is 0 Å². The van der Waals surface area contributed by atoms with E-state index in [1.807, 2.05) is 83.5 Å². The van der Waals surface area contributed by atoms with Gasteiger partial charge in [-0.25, -0.2) is 0 Å². The maximum absolute atomic E-state index is 13.9. The number of aryl methyl sites for hydroxylation is 1. The normalized spacial score (nSPS) is 16.9. The van der Waals surface area contributed by atoms with Crippen molar-refractivity contribution in [1.29, 1.82) is 0 Å². The van der Waals surface area contributed by atoms with E-state index in [0.29, 0.717) is 29.8 Å². The van der Waals surface area contributed by atoms with Crippen LogP contribution in [0.25, 0.3) is 11.1 Å². The molecule has 1 N–H and O–H groups in total. The summed E-state index contributed by atoms with van der Waals surface area (Å²) in [6.07, 6.45) is 2.13. The second-order valence-electron chi connectivity index (χ2n) is 12.2. The molecule has 230 valence electrons. The molecule has 0 radical (unpaired) electrons. The summed E-state index contributed by atoms with van der Waals surface area (Å²) < 4.78 is 0. The van der Waals surface area contributed by atoms with Gasteiger partial charge in [-0.05, 0) is 85.8 Å². The number of nitrogens with one attached hydrogen (secondary N) is 1. The zero-order valence-corrected chi connectivity index (χ0v) is 26.0. The number of hydrogen-bond acceptors (Lipinski definition) is 4. The zero-order valence-electron chi connectivity index (χ0n) is 26.0. The number of carbonyl (C=O) groups excluding carboxylic acids is 3. The average Bonchev–Trinajstić information content (AvgIpc) is 3.25. The number of fused-ring (bicyclic) bond motifs is 1. The Bertz CT molecular complexity index is 1670. The van der Waals surface area contributed by atoms with Crippen LogP contribution in [0, 0.1) is 6.92 Å². The lowest BCUT2D eigenvalue weighted by atomic mass is 9.90. The molecule has 45 heavy (non-hydrogen) atoms. The van der Waals surface area contributed by atoms with E-state index in [0.717, 1.165) is 67.0 Å². The van der Waals surface area contributed by atoms with Crippen LogP contribution in [0.3, 0.4) is 0 Å². The first kappa shape index (κ1) is 30.3. The van der Waals surface area contributed by atoms with E-state index >= 15 is 0 Å². The van der Waals surface area contributed by atoms with Crippen molar-refractivity contribution in [2.45, 2.75) is 32.1 Å². The van der Waals surface area contributed by atoms with Gasteiger partial charge < -0.3 is 20.0 Å². The summed E-state index contributed by atoms with van der Waals surface area (Å²) in [5.41, 5.74) is 6.70. The highest BCUT2D eigenvalue weighted by Crippen LogP contribution is 2.37. The smallest absolute Gasteiger partial charge is 0.258 e. The lowest BCUT2D eigenvalue weighted by molar-refractivity contribution is -0.133. The largest absolute Gasteiger partial charge is 0.340 e. The van der Waals surface area contributed by atoms with Crippen molar-refractivity contribution in [2.24, 2.45) is 0 Å². The van der Waals surface area contributed by atoms with Gasteiger partial charge in [-0.1, -0.05) is 66.2 Å². The van der Waals surface area contributed by atoms with Crippen molar-refractivity contribution in [3.63, 3.8) is 0 Å². The Balaban J connectivity index is 1.16. The fourth-order valence-electron chi connectivity index (χ4n) is 6.39. The van der Waals surface area contributed by atoms with Crippen LogP contribution >= 0.6 is 0 Å². The number of rotatable bonds is 6. The Hall–Kier alpha value is -4.75. The third kappa shape index (κ3) is 6.84. The zero-order chi connectivity index (χ0) is 31.3. The standard InChI is InChI=1S/C38H40N4O3/c1-27-13-15-28(16-14-27)32-9-3-4-11-34(32)37(44)39-31-19-17-29(18-20-31)38(45)42-21-7-8-30(33-10-5-6-12-35(33)42)26-36(43)41-24-22-40(2)23-25-41/h3-6,9-20,30H,7-8,21-26H2,1-2H3,(H,39,44). The Morgan fingerprint density at radius 1 is 0.778 bits per heavy atom. The van der Waals surface area contributed by atoms with Gasteiger partial charge in [0.25, 0.3) is 11.8 Å². The van der Waals surface area contributed by atoms with Gasteiger partial charge in [0.2, 0.25) is 5.91 Å². The van der Waals surface area contributed by atoms with E-state index in [2.05, 4.69) is 23.3 Å². The summed E-state index contributed by atoms with van der Waals surface area (Å²) in [5, 5.41) is 3.00. The molecule has 0 aliphatic carbocycles. The molecule has 0 aromatic heterocycles. The topological polar surface area (TPSA) is 73.0 Å². The first-order valence-electron chi connectivity index (χ1n) is 15.8. The maximum atomic E-state index is 13.9. The average molecular weight is 601 g/mol. The molecule has 2 aliphatic rings. The molecule has 2 aliphatic heterocycles. The number of hydrogen-bond donors (Lipinski definition) is 1. The SMILES string of the molecule is Cc1ccc(-c2ccccc2C(=O)Nc2ccc(C(=O)N3CCCC(CC(=O)N4CCN(C)CC4)c4ccccc43)cc2)cc1. The number of amides is 3. The van der Waals surface area contributed by atoms with Crippen LogP contribution in [0.15, 0.2) is 97.1 Å². The number of piperazine rings is 1. The van der Waals surface area contributed by atoms with Crippen molar-refractivity contribution < 1.29 is 14.4 Å². The van der Waals surface area contributed by atoms with E-state index in [1.54, 1.807) is 24.3 Å². The molecule has 0 bridgehead atoms. The molecule has 1 fully saturated rings. The second kappa shape index (κ2) is 13.5. The Kier molecular flexibility index (Phi) is 9.08. The molecule has 0 saturated carbocycles. The van der Waals surface area contributed by atoms with Gasteiger partial charge >= 0.3 is 0 Å². The van der Waals surface area contributed by atoms with Crippen LogP contribution < -0.4 is 10.2 Å². The molecular weight excluding hydrogens is 560 g/mol. The monoisotopic (exact) mass is 600 g/mol. The fraction of sp³-hybridized carbons (Fsp3) is 0.289. The summed E-state index contributed by atoms with van der Waals surface area (Å²) >= 11 is 0. The van der Waals surface area contributed by atoms with Gasteiger partial charge in [-0.15, -0.1) is 0 Å². The van der Waals surface area contributed by atoms with E-state index in [4.69, 9.17) is 0 Å². The van der Waals surface area contributed by atoms with Gasteiger partial charge in [0.05, 0.1) is 0 Å². The third-order valence-corrected chi connectivity index (χ3v) is 9.05. The van der Waals surface area contributed by atoms with E-state index in [9.17, 15) is 14.4 Å². The Morgan fingerprint density at radius 2 is 1.47 bits per heavy atom. The highest BCUT2D eigenvalue weighted by atomic mass is 16.2. The minimum absolute atomic E-state index is 0.0755. The summed E-state index contributed by atoms with van der Waals surface area (Å²) in [6.45, 7) is 5.96. The molecule has 1 atom stereocenters. The summed E-state index contributed by atoms with van der Waals surface area (Å²) in [5.74, 6) is -0.0201. The lowest BCUT2D eigenvalue weighted by Crippen LogP contribution is -2.47. The molecule has 6 rings (SSSR count). The quantitative estimate of drug-likeness (QED) is 0.271. The van der Waals surface area contributed by atoms with Crippen LogP contribution in [0.1, 0.15) is 57.0 Å². The Labute approximate surface area is 265 Å². The number of benzene rings is 4. The molecule has 1 unspecified atom stereocenters. The first-order chi connectivity index (χ1) is 21.9. The van der Waals surface area contributed by atoms with Gasteiger partial charge in [-0.3, -0.25) is 14.4 Å². The van der Waals surface area contributed by atoms with Gasteiger partial charge in [0.15, 0.2) is 0 Å². The van der Waals surface area contributed by atoms with Gasteiger partial charge in [-0.2, -0.15) is 0 Å². The Morgan fingerprint density at radius 3 is 2.22 bits per heavy atom. The predicted octanol–water partition coefficient (Wildman–Crippen LogP) is 6.60. The van der Waals surface area contributed by atoms with E-state index in [1.165, 1.54) is 0 Å². The molecule has 1 saturated heterocycles. The third-order valence-electron chi connectivity index (χ3n) is 9.05. The van der Waals surface area contributed by atoms with Gasteiger partial charge in [0, 0.05) is 61.6 Å². The molecule has 4 aromatic carbocycles. The number of nitrogens with zero attached hydrogens (tertiary/aromatic N) is 3. The van der Waals surface area contributed by atoms with Crippen LogP contribution in [-0.4, -0.2) is 67.3 Å². The van der Waals surface area contributed by atoms with Crippen LogP contribution in [0.2, 0.25) is 0 Å². The minimum atomic E-state index is -0.205. The van der Waals surface area contributed by atoms with E-state index < -0.39 is 0 Å². The van der Waals surface area contributed by atoms with Crippen molar-refractivity contribution >= 4 is 29.1 Å². The van der Waals surface area contributed by atoms with E-state index in [-0.39, 0.29) is 23.6 Å². The highest BCUT2D eigenvalue weighted by molar-refractivity contribution is 6.10. The summed E-state index contributed by atoms with van der Waals surface area (Å²) in [7, 11) is 2.09. The molecule has 3 amide bonds. The van der Waals surface area contributed by atoms with Crippen molar-refractivity contribution in [3.05, 3.63) is 119 Å². The number of anilines is 2. The highest BCUT2D eigenvalue weighted by Gasteiger charge is 2.30. The minimum Gasteiger partial charge on any atom is -0.340 e.